The molecule has 94 valence electrons. The third kappa shape index (κ3) is 8.68. The Morgan fingerprint density at radius 2 is 1.81 bits per heavy atom. The van der Waals surface area contributed by atoms with Crippen molar-refractivity contribution in [3.63, 3.8) is 0 Å². The quantitative estimate of drug-likeness (QED) is 0.511. The van der Waals surface area contributed by atoms with E-state index in [1.165, 1.54) is 0 Å². The summed E-state index contributed by atoms with van der Waals surface area (Å²) in [5.74, 6) is 0.235. The fourth-order valence-corrected chi connectivity index (χ4v) is 2.59. The van der Waals surface area contributed by atoms with Crippen LogP contribution in [0.25, 0.3) is 0 Å². The molecule has 0 aliphatic carbocycles. The van der Waals surface area contributed by atoms with Gasteiger partial charge in [-0.25, -0.2) is 8.42 Å². The third-order valence-electron chi connectivity index (χ3n) is 1.95. The van der Waals surface area contributed by atoms with Gasteiger partial charge in [0.1, 0.15) is 0 Å². The van der Waals surface area contributed by atoms with Gasteiger partial charge >= 0.3 is 0 Å². The van der Waals surface area contributed by atoms with Crippen molar-refractivity contribution in [2.75, 3.05) is 24.7 Å². The maximum Gasteiger partial charge on any atom is 0.157 e. The molecule has 0 unspecified atom stereocenters. The van der Waals surface area contributed by atoms with Crippen LogP contribution >= 0.6 is 0 Å². The molecule has 0 saturated heterocycles. The van der Waals surface area contributed by atoms with E-state index in [4.69, 9.17) is 4.74 Å². The SMILES string of the molecule is CCOC/C=C(\C)CS(=O)(=O)CC=C(C)C. The smallest absolute Gasteiger partial charge is 0.157 e. The first-order chi connectivity index (χ1) is 7.37. The zero-order chi connectivity index (χ0) is 12.6. The van der Waals surface area contributed by atoms with E-state index in [0.717, 1.165) is 11.1 Å². The van der Waals surface area contributed by atoms with Crippen molar-refractivity contribution < 1.29 is 13.2 Å². The van der Waals surface area contributed by atoms with Gasteiger partial charge < -0.3 is 4.74 Å². The van der Waals surface area contributed by atoms with E-state index in [2.05, 4.69) is 0 Å². The highest BCUT2D eigenvalue weighted by Gasteiger charge is 2.09. The van der Waals surface area contributed by atoms with E-state index >= 15 is 0 Å². The van der Waals surface area contributed by atoms with E-state index < -0.39 is 9.84 Å². The highest BCUT2D eigenvalue weighted by molar-refractivity contribution is 7.91. The molecule has 0 bridgehead atoms. The number of allylic oxidation sites excluding steroid dienone is 1. The molecule has 0 heterocycles. The second-order valence-corrected chi connectivity index (χ2v) is 6.16. The molecule has 0 N–H and O–H groups in total. The summed E-state index contributed by atoms with van der Waals surface area (Å²) < 4.78 is 28.4. The standard InChI is InChI=1S/C12H22O3S/c1-5-15-8-6-12(4)10-16(13,14)9-7-11(2)3/h6-7H,5,8-10H2,1-4H3/b12-6+. The summed E-state index contributed by atoms with van der Waals surface area (Å²) >= 11 is 0. The first kappa shape index (κ1) is 15.4. The van der Waals surface area contributed by atoms with Crippen LogP contribution in [0.15, 0.2) is 23.3 Å². The highest BCUT2D eigenvalue weighted by Crippen LogP contribution is 2.03. The van der Waals surface area contributed by atoms with Crippen LogP contribution < -0.4 is 0 Å². The Hall–Kier alpha value is -0.610. The second-order valence-electron chi connectivity index (χ2n) is 4.05. The summed E-state index contributed by atoms with van der Waals surface area (Å²) in [7, 11) is -3.01. The summed E-state index contributed by atoms with van der Waals surface area (Å²) in [6, 6.07) is 0. The van der Waals surface area contributed by atoms with Crippen molar-refractivity contribution >= 4 is 9.84 Å². The molecule has 0 aromatic rings. The van der Waals surface area contributed by atoms with Crippen LogP contribution in [0.3, 0.4) is 0 Å². The molecule has 0 radical (unpaired) electrons. The number of sulfone groups is 1. The van der Waals surface area contributed by atoms with Gasteiger partial charge in [-0.3, -0.25) is 0 Å². The number of hydrogen-bond acceptors (Lipinski definition) is 3. The van der Waals surface area contributed by atoms with Gasteiger partial charge in [0.25, 0.3) is 0 Å². The van der Waals surface area contributed by atoms with Crippen LogP contribution in [0.5, 0.6) is 0 Å². The summed E-state index contributed by atoms with van der Waals surface area (Å²) in [5, 5.41) is 0. The fourth-order valence-electron chi connectivity index (χ4n) is 1.08. The molecule has 0 aliphatic heterocycles. The van der Waals surface area contributed by atoms with Crippen LogP contribution in [-0.4, -0.2) is 33.1 Å². The number of rotatable bonds is 7. The second kappa shape index (κ2) is 7.63. The largest absolute Gasteiger partial charge is 0.378 e. The lowest BCUT2D eigenvalue weighted by Gasteiger charge is -2.03. The van der Waals surface area contributed by atoms with E-state index in [-0.39, 0.29) is 11.5 Å². The zero-order valence-electron chi connectivity index (χ0n) is 10.6. The normalized spacial score (nSPS) is 12.6. The van der Waals surface area contributed by atoms with Gasteiger partial charge in [0.05, 0.1) is 18.1 Å². The van der Waals surface area contributed by atoms with Crippen molar-refractivity contribution in [2.24, 2.45) is 0 Å². The number of hydrogen-bond donors (Lipinski definition) is 0. The maximum absolute atomic E-state index is 11.7. The molecular formula is C12H22O3S. The van der Waals surface area contributed by atoms with Crippen LogP contribution in [0.2, 0.25) is 0 Å². The molecule has 0 aromatic carbocycles. The van der Waals surface area contributed by atoms with Gasteiger partial charge in [-0.05, 0) is 27.7 Å². The Balaban J connectivity index is 4.25. The molecule has 0 fully saturated rings. The van der Waals surface area contributed by atoms with Crippen molar-refractivity contribution in [1.82, 2.24) is 0 Å². The lowest BCUT2D eigenvalue weighted by Crippen LogP contribution is -2.11. The monoisotopic (exact) mass is 246 g/mol. The third-order valence-corrected chi connectivity index (χ3v) is 3.52. The predicted octanol–water partition coefficient (Wildman–Crippen LogP) is 2.35. The minimum atomic E-state index is -3.01. The van der Waals surface area contributed by atoms with Gasteiger partial charge in [0.15, 0.2) is 9.84 Å². The fraction of sp³-hybridized carbons (Fsp3) is 0.667. The molecular weight excluding hydrogens is 224 g/mol. The molecule has 0 rings (SSSR count). The Labute approximate surface area is 99.1 Å². The van der Waals surface area contributed by atoms with Gasteiger partial charge in [-0.2, -0.15) is 0 Å². The van der Waals surface area contributed by atoms with Crippen LogP contribution in [-0.2, 0) is 14.6 Å². The van der Waals surface area contributed by atoms with E-state index in [9.17, 15) is 8.42 Å². The molecule has 0 spiro atoms. The van der Waals surface area contributed by atoms with Gasteiger partial charge in [-0.1, -0.05) is 23.3 Å². The molecule has 0 saturated carbocycles. The Bertz CT molecular complexity index is 346. The molecule has 4 heteroatoms. The molecule has 16 heavy (non-hydrogen) atoms. The first-order valence-corrected chi connectivity index (χ1v) is 7.26. The minimum absolute atomic E-state index is 0.115. The van der Waals surface area contributed by atoms with Crippen LogP contribution in [0, 0.1) is 0 Å². The lowest BCUT2D eigenvalue weighted by molar-refractivity contribution is 0.177. The van der Waals surface area contributed by atoms with Gasteiger partial charge in [0.2, 0.25) is 0 Å². The summed E-state index contributed by atoms with van der Waals surface area (Å²) in [6.45, 7) is 8.66. The summed E-state index contributed by atoms with van der Waals surface area (Å²) in [4.78, 5) is 0. The summed E-state index contributed by atoms with van der Waals surface area (Å²) in [5.41, 5.74) is 1.87. The first-order valence-electron chi connectivity index (χ1n) is 5.44. The van der Waals surface area contributed by atoms with Gasteiger partial charge in [-0.15, -0.1) is 0 Å². The predicted molar refractivity (Wildman–Crippen MR) is 68.3 cm³/mol. The van der Waals surface area contributed by atoms with Gasteiger partial charge in [0, 0.05) is 6.61 Å². The maximum atomic E-state index is 11.7. The van der Waals surface area contributed by atoms with Crippen molar-refractivity contribution in [2.45, 2.75) is 27.7 Å². The van der Waals surface area contributed by atoms with E-state index in [1.807, 2.05) is 33.8 Å². The van der Waals surface area contributed by atoms with Crippen LogP contribution in [0.4, 0.5) is 0 Å². The molecule has 0 aromatic heterocycles. The number of ether oxygens (including phenoxy) is 1. The van der Waals surface area contributed by atoms with Crippen molar-refractivity contribution in [1.29, 1.82) is 0 Å². The van der Waals surface area contributed by atoms with E-state index in [1.54, 1.807) is 6.08 Å². The topological polar surface area (TPSA) is 43.4 Å². The Kier molecular flexibility index (Phi) is 7.34. The molecule has 3 nitrogen and oxygen atoms in total. The minimum Gasteiger partial charge on any atom is -0.378 e. The average Bonchev–Trinajstić information content (AvgIpc) is 2.15. The Morgan fingerprint density at radius 3 is 2.31 bits per heavy atom. The zero-order valence-corrected chi connectivity index (χ0v) is 11.4. The van der Waals surface area contributed by atoms with Crippen LogP contribution in [0.1, 0.15) is 27.7 Å². The highest BCUT2D eigenvalue weighted by atomic mass is 32.2. The molecule has 0 atom stereocenters. The Morgan fingerprint density at radius 1 is 1.19 bits per heavy atom. The van der Waals surface area contributed by atoms with E-state index in [0.29, 0.717) is 13.2 Å². The van der Waals surface area contributed by atoms with Crippen molar-refractivity contribution in [3.05, 3.63) is 23.3 Å². The molecule has 0 aliphatic rings. The summed E-state index contributed by atoms with van der Waals surface area (Å²) in [6.07, 6.45) is 3.56. The molecule has 0 amide bonds. The average molecular weight is 246 g/mol. The lowest BCUT2D eigenvalue weighted by atomic mass is 10.3. The van der Waals surface area contributed by atoms with Crippen molar-refractivity contribution in [3.8, 4) is 0 Å².